The number of hydrogen-bond acceptors (Lipinski definition) is 15. The summed E-state index contributed by atoms with van der Waals surface area (Å²) in [5.41, 5.74) is 23.8. The van der Waals surface area contributed by atoms with Crippen LogP contribution in [0.1, 0.15) is 103 Å². The summed E-state index contributed by atoms with van der Waals surface area (Å²) in [5.74, 6) is -0.201. The van der Waals surface area contributed by atoms with Gasteiger partial charge in [-0.25, -0.2) is 0 Å². The van der Waals surface area contributed by atoms with Crippen LogP contribution in [0.15, 0.2) is 0 Å². The molecule has 13 atom stereocenters. The lowest BCUT2D eigenvalue weighted by Gasteiger charge is -2.46. The van der Waals surface area contributed by atoms with Crippen LogP contribution < -0.4 is 28.3 Å². The van der Waals surface area contributed by atoms with Gasteiger partial charge in [-0.05, 0) is 12.8 Å². The molecule has 16 nitrogen and oxygen atoms in total. The summed E-state index contributed by atoms with van der Waals surface area (Å²) in [4.78, 5) is 12.5. The second-order valence-electron chi connectivity index (χ2n) is 13.9. The van der Waals surface area contributed by atoms with Gasteiger partial charge in [0.1, 0.15) is 48.8 Å². The maximum atomic E-state index is 12.5. The number of ether oxygens (including phenoxy) is 4. The largest absolute Gasteiger partial charge is 0.391 e. The highest BCUT2D eigenvalue weighted by Crippen LogP contribution is 2.29. The molecule has 1 saturated heterocycles. The summed E-state index contributed by atoms with van der Waals surface area (Å²) < 4.78 is 23.0. The normalized spacial score (nSPS) is 32.1. The Labute approximate surface area is 297 Å². The van der Waals surface area contributed by atoms with Gasteiger partial charge < -0.3 is 77.8 Å². The third-order valence-electron chi connectivity index (χ3n) is 9.72. The van der Waals surface area contributed by atoms with Gasteiger partial charge in [-0.3, -0.25) is 4.79 Å². The molecule has 50 heavy (non-hydrogen) atoms. The van der Waals surface area contributed by atoms with E-state index in [1.165, 1.54) is 57.8 Å². The lowest BCUT2D eigenvalue weighted by atomic mass is 9.84. The maximum Gasteiger partial charge on any atom is 0.220 e. The van der Waals surface area contributed by atoms with Crippen LogP contribution in [0.2, 0.25) is 0 Å². The first kappa shape index (κ1) is 45.1. The minimum Gasteiger partial charge on any atom is -0.391 e. The predicted octanol–water partition coefficient (Wildman–Crippen LogP) is -1.44. The van der Waals surface area contributed by atoms with E-state index < -0.39 is 86.2 Å². The van der Waals surface area contributed by atoms with Crippen molar-refractivity contribution in [1.29, 1.82) is 0 Å². The van der Waals surface area contributed by atoms with Gasteiger partial charge in [0.2, 0.25) is 5.91 Å². The maximum absolute atomic E-state index is 12.5. The Morgan fingerprint density at radius 3 is 1.92 bits per heavy atom. The first-order chi connectivity index (χ1) is 24.0. The van der Waals surface area contributed by atoms with E-state index in [1.807, 2.05) is 0 Å². The van der Waals surface area contributed by atoms with Gasteiger partial charge in [-0.1, -0.05) is 84.0 Å². The minimum absolute atomic E-state index is 0.0863. The zero-order chi connectivity index (χ0) is 37.1. The lowest BCUT2D eigenvalue weighted by Crippen LogP contribution is -2.66. The highest BCUT2D eigenvalue weighted by Gasteiger charge is 2.49. The first-order valence-electron chi connectivity index (χ1n) is 18.8. The van der Waals surface area contributed by atoms with Crippen LogP contribution in [0, 0.1) is 0 Å². The van der Waals surface area contributed by atoms with Crippen LogP contribution in [0.5, 0.6) is 0 Å². The Bertz CT molecular complexity index is 897. The molecule has 1 aliphatic heterocycles. The molecule has 1 amide bonds. The van der Waals surface area contributed by atoms with Crippen molar-refractivity contribution >= 4 is 5.91 Å². The molecule has 15 N–H and O–H groups in total. The molecule has 2 aliphatic rings. The molecule has 1 saturated carbocycles. The van der Waals surface area contributed by atoms with E-state index in [2.05, 4.69) is 12.2 Å². The highest BCUT2D eigenvalue weighted by atomic mass is 16.7. The first-order valence-corrected chi connectivity index (χ1v) is 18.8. The fraction of sp³-hybridized carbons (Fsp3) is 0.971. The number of rotatable bonds is 26. The SMILES string of the molecule is CCCCCCCCCCCCCCCC(=O)NCC(O[C@@H](CO)O[C@H]1C(N)C[C@H](N)C(O[C@H]2OC(CN)[C@@H](O)C(O)C2O)C1O)[C@@H](O)CN. The summed E-state index contributed by atoms with van der Waals surface area (Å²) in [6, 6.07) is -1.68. The molecule has 7 unspecified atom stereocenters. The van der Waals surface area contributed by atoms with E-state index in [0.29, 0.717) is 6.42 Å². The Balaban J connectivity index is 1.81. The van der Waals surface area contributed by atoms with Crippen molar-refractivity contribution in [2.75, 3.05) is 26.2 Å². The van der Waals surface area contributed by atoms with Crippen LogP contribution in [-0.4, -0.2) is 142 Å². The number of hydrogen-bond donors (Lipinski definition) is 11. The molecule has 1 heterocycles. The monoisotopic (exact) mass is 723 g/mol. The van der Waals surface area contributed by atoms with Crippen LogP contribution in [0.25, 0.3) is 0 Å². The summed E-state index contributed by atoms with van der Waals surface area (Å²) in [7, 11) is 0. The second kappa shape index (κ2) is 25.0. The van der Waals surface area contributed by atoms with Crippen molar-refractivity contribution in [3.63, 3.8) is 0 Å². The highest BCUT2D eigenvalue weighted by molar-refractivity contribution is 5.75. The zero-order valence-corrected chi connectivity index (χ0v) is 30.0. The van der Waals surface area contributed by atoms with Crippen molar-refractivity contribution in [3.8, 4) is 0 Å². The number of aliphatic hydroxyl groups excluding tert-OH is 6. The predicted molar refractivity (Wildman–Crippen MR) is 186 cm³/mol. The Morgan fingerprint density at radius 2 is 1.38 bits per heavy atom. The molecular weight excluding hydrogens is 654 g/mol. The Hall–Kier alpha value is -1.09. The van der Waals surface area contributed by atoms with Gasteiger partial charge in [0.05, 0.1) is 12.7 Å². The Kier molecular flexibility index (Phi) is 22.6. The van der Waals surface area contributed by atoms with Gasteiger partial charge in [0.25, 0.3) is 0 Å². The molecule has 0 radical (unpaired) electrons. The lowest BCUT2D eigenvalue weighted by molar-refractivity contribution is -0.324. The van der Waals surface area contributed by atoms with E-state index >= 15 is 0 Å². The molecule has 16 heteroatoms. The Morgan fingerprint density at radius 1 is 0.820 bits per heavy atom. The quantitative estimate of drug-likeness (QED) is 0.0360. The number of nitrogens with two attached hydrogens (primary N) is 4. The van der Waals surface area contributed by atoms with Crippen LogP contribution in [0.4, 0.5) is 0 Å². The average molecular weight is 724 g/mol. The summed E-state index contributed by atoms with van der Waals surface area (Å²) in [6.45, 7) is 1.07. The molecule has 0 aromatic heterocycles. The topological polar surface area (TPSA) is 291 Å². The summed E-state index contributed by atoms with van der Waals surface area (Å²) in [5, 5.41) is 65.3. The third kappa shape index (κ3) is 15.1. The molecule has 0 aromatic carbocycles. The molecular formula is C34H69N5O11. The van der Waals surface area contributed by atoms with E-state index in [-0.39, 0.29) is 32.0 Å². The number of unbranched alkanes of at least 4 members (excludes halogenated alkanes) is 12. The van der Waals surface area contributed by atoms with Gasteiger partial charge in [0, 0.05) is 38.1 Å². The second-order valence-corrected chi connectivity index (χ2v) is 13.9. The van der Waals surface area contributed by atoms with Crippen molar-refractivity contribution in [2.24, 2.45) is 22.9 Å². The van der Waals surface area contributed by atoms with Crippen molar-refractivity contribution in [3.05, 3.63) is 0 Å². The fourth-order valence-electron chi connectivity index (χ4n) is 6.54. The third-order valence-corrected chi connectivity index (χ3v) is 9.72. The van der Waals surface area contributed by atoms with Gasteiger partial charge in [0.15, 0.2) is 12.6 Å². The summed E-state index contributed by atoms with van der Waals surface area (Å²) >= 11 is 0. The molecule has 0 bridgehead atoms. The van der Waals surface area contributed by atoms with Gasteiger partial charge >= 0.3 is 0 Å². The molecule has 0 spiro atoms. The number of carbonyl (C=O) groups is 1. The number of carbonyl (C=O) groups excluding carboxylic acids is 1. The fourth-order valence-corrected chi connectivity index (χ4v) is 6.54. The van der Waals surface area contributed by atoms with Crippen molar-refractivity contribution in [2.45, 2.75) is 183 Å². The molecule has 0 aromatic rings. The van der Waals surface area contributed by atoms with E-state index in [0.717, 1.165) is 25.7 Å². The van der Waals surface area contributed by atoms with E-state index in [9.17, 15) is 35.4 Å². The van der Waals surface area contributed by atoms with Crippen molar-refractivity contribution in [1.82, 2.24) is 5.32 Å². The van der Waals surface area contributed by atoms with E-state index in [4.69, 9.17) is 41.9 Å². The standard InChI is InChI=1S/C34H69N5O11/c1-2-3-4-5-6-7-8-9-10-11-12-13-14-15-26(42)39-19-25(23(41)17-35)47-27(20-40)49-32-21(37)16-22(38)33(31(32)46)50-34-30(45)29(44)28(43)24(18-36)48-34/h21-25,27-34,40-41,43-46H,2-20,35-38H2,1H3,(H,39,42)/t21?,22-,23-,24?,25?,27+,28+,29?,30?,31?,32-,33?,34+/m0/s1. The number of aliphatic hydroxyl groups is 6. The summed E-state index contributed by atoms with van der Waals surface area (Å²) in [6.07, 6.45) is 1.23. The van der Waals surface area contributed by atoms with Crippen LogP contribution >= 0.6 is 0 Å². The van der Waals surface area contributed by atoms with E-state index in [1.54, 1.807) is 0 Å². The molecule has 296 valence electrons. The van der Waals surface area contributed by atoms with Gasteiger partial charge in [-0.2, -0.15) is 0 Å². The average Bonchev–Trinajstić information content (AvgIpc) is 3.10. The molecule has 2 rings (SSSR count). The number of amides is 1. The zero-order valence-electron chi connectivity index (χ0n) is 30.0. The number of nitrogens with one attached hydrogen (secondary N) is 1. The molecule has 2 fully saturated rings. The van der Waals surface area contributed by atoms with Crippen molar-refractivity contribution < 1.29 is 54.4 Å². The van der Waals surface area contributed by atoms with Gasteiger partial charge in [-0.15, -0.1) is 0 Å². The molecule has 1 aliphatic carbocycles. The van der Waals surface area contributed by atoms with Crippen LogP contribution in [-0.2, 0) is 23.7 Å². The van der Waals surface area contributed by atoms with Crippen LogP contribution in [0.3, 0.4) is 0 Å². The smallest absolute Gasteiger partial charge is 0.220 e. The minimum atomic E-state index is -1.67.